The summed E-state index contributed by atoms with van der Waals surface area (Å²) in [6.07, 6.45) is 7.26. The molecule has 0 aromatic carbocycles. The van der Waals surface area contributed by atoms with Crippen LogP contribution < -0.4 is 0 Å². The van der Waals surface area contributed by atoms with Gasteiger partial charge in [0.25, 0.3) is 0 Å². The van der Waals surface area contributed by atoms with Crippen LogP contribution in [0, 0.1) is 0 Å². The van der Waals surface area contributed by atoms with Crippen molar-refractivity contribution in [2.24, 2.45) is 0 Å². The van der Waals surface area contributed by atoms with Crippen molar-refractivity contribution < 1.29 is 8.85 Å². The SMILES string of the molecule is C=CC1CC(/C=C/C)O[Si](C)(C)O1. The van der Waals surface area contributed by atoms with Crippen molar-refractivity contribution in [1.82, 2.24) is 0 Å². The van der Waals surface area contributed by atoms with Gasteiger partial charge in [0.1, 0.15) is 0 Å². The Labute approximate surface area is 81.5 Å². The van der Waals surface area contributed by atoms with Gasteiger partial charge >= 0.3 is 8.56 Å². The van der Waals surface area contributed by atoms with E-state index in [1.165, 1.54) is 0 Å². The molecule has 1 rings (SSSR count). The zero-order valence-electron chi connectivity index (χ0n) is 8.62. The summed E-state index contributed by atoms with van der Waals surface area (Å²) in [6, 6.07) is 0. The second-order valence-corrected chi connectivity index (χ2v) is 6.98. The molecule has 1 aliphatic heterocycles. The van der Waals surface area contributed by atoms with Gasteiger partial charge in [0.15, 0.2) is 0 Å². The van der Waals surface area contributed by atoms with E-state index >= 15 is 0 Å². The molecule has 0 bridgehead atoms. The minimum Gasteiger partial charge on any atom is -0.388 e. The van der Waals surface area contributed by atoms with E-state index in [0.29, 0.717) is 0 Å². The zero-order chi connectivity index (χ0) is 9.90. The highest BCUT2D eigenvalue weighted by Gasteiger charge is 2.36. The zero-order valence-corrected chi connectivity index (χ0v) is 9.62. The number of hydrogen-bond acceptors (Lipinski definition) is 2. The molecule has 1 heterocycles. The third kappa shape index (κ3) is 3.10. The van der Waals surface area contributed by atoms with Gasteiger partial charge in [-0.05, 0) is 20.0 Å². The lowest BCUT2D eigenvalue weighted by molar-refractivity contribution is 0.0462. The van der Waals surface area contributed by atoms with Crippen LogP contribution in [-0.2, 0) is 8.85 Å². The maximum Gasteiger partial charge on any atom is 0.332 e. The molecule has 1 fully saturated rings. The van der Waals surface area contributed by atoms with Crippen molar-refractivity contribution in [3.63, 3.8) is 0 Å². The van der Waals surface area contributed by atoms with Crippen LogP contribution in [0.25, 0.3) is 0 Å². The van der Waals surface area contributed by atoms with Crippen molar-refractivity contribution in [1.29, 1.82) is 0 Å². The molecule has 0 N–H and O–H groups in total. The molecule has 0 aromatic heterocycles. The predicted molar refractivity (Wildman–Crippen MR) is 56.9 cm³/mol. The normalized spacial score (nSPS) is 33.5. The van der Waals surface area contributed by atoms with Crippen molar-refractivity contribution in [2.75, 3.05) is 0 Å². The lowest BCUT2D eigenvalue weighted by Gasteiger charge is -2.37. The first-order valence-electron chi connectivity index (χ1n) is 4.68. The van der Waals surface area contributed by atoms with Crippen LogP contribution in [0.15, 0.2) is 24.8 Å². The van der Waals surface area contributed by atoms with Crippen molar-refractivity contribution in [3.8, 4) is 0 Å². The number of rotatable bonds is 2. The highest BCUT2D eigenvalue weighted by atomic mass is 28.4. The van der Waals surface area contributed by atoms with Crippen molar-refractivity contribution in [3.05, 3.63) is 24.8 Å². The fourth-order valence-electron chi connectivity index (χ4n) is 1.56. The van der Waals surface area contributed by atoms with E-state index in [4.69, 9.17) is 8.85 Å². The Kier molecular flexibility index (Phi) is 3.47. The largest absolute Gasteiger partial charge is 0.388 e. The molecule has 74 valence electrons. The molecule has 0 radical (unpaired) electrons. The average Bonchev–Trinajstić information content (AvgIpc) is 2.02. The lowest BCUT2D eigenvalue weighted by atomic mass is 10.1. The second kappa shape index (κ2) is 4.22. The molecule has 0 spiro atoms. The molecule has 0 amide bonds. The maximum absolute atomic E-state index is 5.83. The Hall–Kier alpha value is -0.383. The molecule has 13 heavy (non-hydrogen) atoms. The van der Waals surface area contributed by atoms with Gasteiger partial charge in [-0.1, -0.05) is 18.2 Å². The van der Waals surface area contributed by atoms with E-state index < -0.39 is 8.56 Å². The first kappa shape index (κ1) is 10.7. The first-order valence-corrected chi connectivity index (χ1v) is 7.50. The van der Waals surface area contributed by atoms with Crippen LogP contribution in [0.5, 0.6) is 0 Å². The van der Waals surface area contributed by atoms with Gasteiger partial charge in [-0.2, -0.15) is 0 Å². The van der Waals surface area contributed by atoms with Gasteiger partial charge < -0.3 is 8.85 Å². The van der Waals surface area contributed by atoms with Gasteiger partial charge in [0.05, 0.1) is 12.2 Å². The molecule has 2 atom stereocenters. The van der Waals surface area contributed by atoms with Crippen molar-refractivity contribution in [2.45, 2.75) is 38.6 Å². The molecule has 2 unspecified atom stereocenters. The molecule has 0 aromatic rings. The monoisotopic (exact) mass is 198 g/mol. The molecule has 1 aliphatic rings. The molecule has 3 heteroatoms. The van der Waals surface area contributed by atoms with Crippen LogP contribution in [0.1, 0.15) is 13.3 Å². The van der Waals surface area contributed by atoms with Crippen LogP contribution >= 0.6 is 0 Å². The average molecular weight is 198 g/mol. The van der Waals surface area contributed by atoms with Crippen LogP contribution in [0.4, 0.5) is 0 Å². The van der Waals surface area contributed by atoms with Gasteiger partial charge in [0, 0.05) is 6.42 Å². The smallest absolute Gasteiger partial charge is 0.332 e. The topological polar surface area (TPSA) is 18.5 Å². The fraction of sp³-hybridized carbons (Fsp3) is 0.600. The third-order valence-corrected chi connectivity index (χ3v) is 3.75. The molecule has 0 aliphatic carbocycles. The van der Waals surface area contributed by atoms with E-state index in [1.54, 1.807) is 0 Å². The number of allylic oxidation sites excluding steroid dienone is 1. The van der Waals surface area contributed by atoms with E-state index in [1.807, 2.05) is 19.1 Å². The predicted octanol–water partition coefficient (Wildman–Crippen LogP) is 2.62. The summed E-state index contributed by atoms with van der Waals surface area (Å²) in [5.74, 6) is 0. The Bertz CT molecular complexity index is 211. The minimum atomic E-state index is -1.90. The summed E-state index contributed by atoms with van der Waals surface area (Å²) in [6.45, 7) is 9.91. The van der Waals surface area contributed by atoms with Crippen LogP contribution in [0.2, 0.25) is 13.1 Å². The summed E-state index contributed by atoms with van der Waals surface area (Å²) < 4.78 is 11.6. The quantitative estimate of drug-likeness (QED) is 0.501. The van der Waals surface area contributed by atoms with E-state index in [2.05, 4.69) is 25.7 Å². The standard InChI is InChI=1S/C10H18O2Si/c1-5-7-10-8-9(6-2)11-13(3,4)12-10/h5-7,9-10H,2,8H2,1,3-4H3/b7-5+. The summed E-state index contributed by atoms with van der Waals surface area (Å²) in [4.78, 5) is 0. The Morgan fingerprint density at radius 2 is 1.92 bits per heavy atom. The molecular formula is C10H18O2Si. The second-order valence-electron chi connectivity index (χ2n) is 3.71. The summed E-state index contributed by atoms with van der Waals surface area (Å²) in [5.41, 5.74) is 0. The summed E-state index contributed by atoms with van der Waals surface area (Å²) in [7, 11) is -1.90. The lowest BCUT2D eigenvalue weighted by Crippen LogP contribution is -2.47. The van der Waals surface area contributed by atoms with Gasteiger partial charge in [-0.15, -0.1) is 6.58 Å². The van der Waals surface area contributed by atoms with Gasteiger partial charge in [-0.25, -0.2) is 0 Å². The molecule has 0 saturated carbocycles. The van der Waals surface area contributed by atoms with E-state index in [9.17, 15) is 0 Å². The molecular weight excluding hydrogens is 180 g/mol. The highest BCUT2D eigenvalue weighted by molar-refractivity contribution is 6.64. The van der Waals surface area contributed by atoms with Crippen molar-refractivity contribution >= 4 is 8.56 Å². The highest BCUT2D eigenvalue weighted by Crippen LogP contribution is 2.24. The van der Waals surface area contributed by atoms with Gasteiger partial charge in [0.2, 0.25) is 0 Å². The van der Waals surface area contributed by atoms with Crippen LogP contribution in [0.3, 0.4) is 0 Å². The summed E-state index contributed by atoms with van der Waals surface area (Å²) >= 11 is 0. The Morgan fingerprint density at radius 3 is 2.46 bits per heavy atom. The fourth-order valence-corrected chi connectivity index (χ4v) is 3.44. The van der Waals surface area contributed by atoms with E-state index in [0.717, 1.165) is 6.42 Å². The van der Waals surface area contributed by atoms with E-state index in [-0.39, 0.29) is 12.2 Å². The van der Waals surface area contributed by atoms with Gasteiger partial charge in [-0.3, -0.25) is 0 Å². The number of hydrogen-bond donors (Lipinski definition) is 0. The molecule has 1 saturated heterocycles. The Balaban J connectivity index is 2.65. The Morgan fingerprint density at radius 1 is 1.31 bits per heavy atom. The minimum absolute atomic E-state index is 0.164. The molecule has 2 nitrogen and oxygen atoms in total. The third-order valence-electron chi connectivity index (χ3n) is 2.00. The van der Waals surface area contributed by atoms with Crippen LogP contribution in [-0.4, -0.2) is 20.8 Å². The maximum atomic E-state index is 5.83. The first-order chi connectivity index (χ1) is 6.07. The summed E-state index contributed by atoms with van der Waals surface area (Å²) in [5, 5.41) is 0.